The molecule has 1 fully saturated rings. The van der Waals surface area contributed by atoms with Crippen molar-refractivity contribution < 1.29 is 9.84 Å². The van der Waals surface area contributed by atoms with Gasteiger partial charge in [0.15, 0.2) is 0 Å². The molecule has 3 rings (SSSR count). The van der Waals surface area contributed by atoms with Crippen LogP contribution in [0.25, 0.3) is 0 Å². The Labute approximate surface area is 115 Å². The number of hydrogen-bond donors (Lipinski definition) is 1. The van der Waals surface area contributed by atoms with Gasteiger partial charge in [-0.1, -0.05) is 6.42 Å². The van der Waals surface area contributed by atoms with E-state index in [0.717, 1.165) is 44.2 Å². The second-order valence-corrected chi connectivity index (χ2v) is 6.74. The number of ether oxygens (including phenoxy) is 1. The number of aromatic nitrogens is 1. The van der Waals surface area contributed by atoms with Crippen molar-refractivity contribution >= 4 is 0 Å². The number of aryl methyl sites for hydroxylation is 1. The number of nitrogens with zero attached hydrogens (tertiary/aromatic N) is 1. The Kier molecular flexibility index (Phi) is 3.44. The van der Waals surface area contributed by atoms with E-state index >= 15 is 0 Å². The van der Waals surface area contributed by atoms with Crippen LogP contribution in [-0.4, -0.2) is 21.4 Å². The molecule has 1 N–H and O–H groups in total. The maximum atomic E-state index is 10.2. The molecule has 1 aliphatic carbocycles. The van der Waals surface area contributed by atoms with E-state index in [1.807, 2.05) is 0 Å². The predicted octanol–water partition coefficient (Wildman–Crippen LogP) is 3.21. The number of aliphatic hydroxyl groups is 1. The Hall–Kier alpha value is -0.800. The highest BCUT2D eigenvalue weighted by Crippen LogP contribution is 2.32. The van der Waals surface area contributed by atoms with Gasteiger partial charge in [0.1, 0.15) is 0 Å². The minimum Gasteiger partial charge on any atom is -0.388 e. The molecule has 0 radical (unpaired) electrons. The van der Waals surface area contributed by atoms with Crippen LogP contribution in [0, 0.1) is 0 Å². The van der Waals surface area contributed by atoms with Crippen molar-refractivity contribution in [2.75, 3.05) is 0 Å². The molecular formula is C16H25NO2. The molecule has 1 aromatic heterocycles. The molecule has 0 spiro atoms. The summed E-state index contributed by atoms with van der Waals surface area (Å²) in [4.78, 5) is 0. The fraction of sp³-hybridized carbons (Fsp3) is 0.750. The monoisotopic (exact) mass is 263 g/mol. The van der Waals surface area contributed by atoms with Gasteiger partial charge < -0.3 is 14.4 Å². The van der Waals surface area contributed by atoms with Gasteiger partial charge in [-0.05, 0) is 51.5 Å². The van der Waals surface area contributed by atoms with Gasteiger partial charge in [-0.3, -0.25) is 0 Å². The summed E-state index contributed by atoms with van der Waals surface area (Å²) in [7, 11) is 0. The fourth-order valence-corrected chi connectivity index (χ4v) is 3.44. The van der Waals surface area contributed by atoms with E-state index < -0.39 is 0 Å². The van der Waals surface area contributed by atoms with E-state index in [-0.39, 0.29) is 11.7 Å². The summed E-state index contributed by atoms with van der Waals surface area (Å²) >= 11 is 0. The molecule has 106 valence electrons. The summed E-state index contributed by atoms with van der Waals surface area (Å²) < 4.78 is 8.28. The molecule has 2 heterocycles. The first kappa shape index (κ1) is 13.2. The molecule has 0 saturated carbocycles. The van der Waals surface area contributed by atoms with Gasteiger partial charge in [0.25, 0.3) is 0 Å². The average molecular weight is 263 g/mol. The highest BCUT2D eigenvalue weighted by Gasteiger charge is 2.31. The minimum absolute atomic E-state index is 0.0361. The third-order valence-electron chi connectivity index (χ3n) is 4.50. The van der Waals surface area contributed by atoms with Crippen LogP contribution in [-0.2, 0) is 17.7 Å². The number of rotatable bonds is 2. The lowest BCUT2D eigenvalue weighted by Crippen LogP contribution is -2.22. The van der Waals surface area contributed by atoms with E-state index in [9.17, 15) is 5.11 Å². The fourth-order valence-electron chi connectivity index (χ4n) is 3.44. The second-order valence-electron chi connectivity index (χ2n) is 6.74. The van der Waals surface area contributed by atoms with Crippen LogP contribution in [0.3, 0.4) is 0 Å². The van der Waals surface area contributed by atoms with Crippen molar-refractivity contribution in [3.63, 3.8) is 0 Å². The number of hydrogen-bond acceptors (Lipinski definition) is 2. The van der Waals surface area contributed by atoms with E-state index in [1.54, 1.807) is 0 Å². The summed E-state index contributed by atoms with van der Waals surface area (Å²) in [5.74, 6) is 0. The third kappa shape index (κ3) is 2.87. The van der Waals surface area contributed by atoms with Gasteiger partial charge in [0, 0.05) is 24.5 Å². The van der Waals surface area contributed by atoms with Crippen LogP contribution in [0.2, 0.25) is 0 Å². The minimum atomic E-state index is -0.264. The Morgan fingerprint density at radius 1 is 1.32 bits per heavy atom. The predicted molar refractivity (Wildman–Crippen MR) is 75.1 cm³/mol. The molecular weight excluding hydrogens is 238 g/mol. The highest BCUT2D eigenvalue weighted by molar-refractivity contribution is 5.28. The molecule has 2 aliphatic rings. The van der Waals surface area contributed by atoms with Crippen molar-refractivity contribution in [1.29, 1.82) is 0 Å². The molecule has 1 aromatic rings. The lowest BCUT2D eigenvalue weighted by molar-refractivity contribution is -0.0216. The molecule has 1 aliphatic heterocycles. The van der Waals surface area contributed by atoms with Gasteiger partial charge >= 0.3 is 0 Å². The number of aliphatic hydroxyl groups excluding tert-OH is 1. The molecule has 0 bridgehead atoms. The molecule has 0 amide bonds. The zero-order chi connectivity index (χ0) is 13.5. The van der Waals surface area contributed by atoms with Crippen LogP contribution in [0.5, 0.6) is 0 Å². The van der Waals surface area contributed by atoms with Crippen LogP contribution >= 0.6 is 0 Å². The largest absolute Gasteiger partial charge is 0.388 e. The third-order valence-corrected chi connectivity index (χ3v) is 4.50. The van der Waals surface area contributed by atoms with Crippen LogP contribution in [0.1, 0.15) is 63.2 Å². The summed E-state index contributed by atoms with van der Waals surface area (Å²) in [5, 5.41) is 10.2. The summed E-state index contributed by atoms with van der Waals surface area (Å²) in [6.07, 6.45) is 11.0. The summed E-state index contributed by atoms with van der Waals surface area (Å²) in [6.45, 7) is 5.26. The molecule has 2 atom stereocenters. The molecule has 19 heavy (non-hydrogen) atoms. The second kappa shape index (κ2) is 4.95. The van der Waals surface area contributed by atoms with Crippen LogP contribution in [0.4, 0.5) is 0 Å². The SMILES string of the molecule is CC1(C)CCC(Cn2cc3c(c2)C(O)CCCC3)O1. The zero-order valence-corrected chi connectivity index (χ0v) is 12.1. The Balaban J connectivity index is 1.71. The van der Waals surface area contributed by atoms with E-state index in [4.69, 9.17) is 4.74 Å². The van der Waals surface area contributed by atoms with E-state index in [1.165, 1.54) is 12.0 Å². The molecule has 1 saturated heterocycles. The average Bonchev–Trinajstić information content (AvgIpc) is 2.84. The van der Waals surface area contributed by atoms with Crippen molar-refractivity contribution in [3.8, 4) is 0 Å². The smallest absolute Gasteiger partial charge is 0.0807 e. The Bertz CT molecular complexity index is 450. The summed E-state index contributed by atoms with van der Waals surface area (Å²) in [6, 6.07) is 0. The van der Waals surface area contributed by atoms with Crippen molar-refractivity contribution in [3.05, 3.63) is 23.5 Å². The van der Waals surface area contributed by atoms with Gasteiger partial charge in [-0.2, -0.15) is 0 Å². The first-order valence-corrected chi connectivity index (χ1v) is 7.58. The Morgan fingerprint density at radius 2 is 2.16 bits per heavy atom. The first-order chi connectivity index (χ1) is 9.03. The first-order valence-electron chi connectivity index (χ1n) is 7.58. The van der Waals surface area contributed by atoms with Gasteiger partial charge in [0.05, 0.1) is 17.8 Å². The van der Waals surface area contributed by atoms with Gasteiger partial charge in [-0.25, -0.2) is 0 Å². The quantitative estimate of drug-likeness (QED) is 0.831. The topological polar surface area (TPSA) is 34.4 Å². The lowest BCUT2D eigenvalue weighted by Gasteiger charge is -2.19. The lowest BCUT2D eigenvalue weighted by atomic mass is 10.1. The maximum Gasteiger partial charge on any atom is 0.0807 e. The molecule has 2 unspecified atom stereocenters. The highest BCUT2D eigenvalue weighted by atomic mass is 16.5. The standard InChI is InChI=1S/C16H25NO2/c1-16(2)8-7-13(19-16)10-17-9-12-5-3-4-6-15(18)14(12)11-17/h9,11,13,15,18H,3-8,10H2,1-2H3. The van der Waals surface area contributed by atoms with Crippen LogP contribution in [0.15, 0.2) is 12.4 Å². The molecule has 3 heteroatoms. The Morgan fingerprint density at radius 3 is 2.89 bits per heavy atom. The van der Waals surface area contributed by atoms with Crippen LogP contribution < -0.4 is 0 Å². The van der Waals surface area contributed by atoms with E-state index in [2.05, 4.69) is 30.8 Å². The van der Waals surface area contributed by atoms with E-state index in [0.29, 0.717) is 6.10 Å². The molecule has 3 nitrogen and oxygen atoms in total. The van der Waals surface area contributed by atoms with Crippen molar-refractivity contribution in [2.24, 2.45) is 0 Å². The summed E-state index contributed by atoms with van der Waals surface area (Å²) in [5.41, 5.74) is 2.52. The molecule has 0 aromatic carbocycles. The normalized spacial score (nSPS) is 30.1. The van der Waals surface area contributed by atoms with Crippen molar-refractivity contribution in [2.45, 2.75) is 76.7 Å². The zero-order valence-electron chi connectivity index (χ0n) is 12.1. The maximum absolute atomic E-state index is 10.2. The van der Waals surface area contributed by atoms with Gasteiger partial charge in [0.2, 0.25) is 0 Å². The number of fused-ring (bicyclic) bond motifs is 1. The van der Waals surface area contributed by atoms with Crippen molar-refractivity contribution in [1.82, 2.24) is 4.57 Å². The van der Waals surface area contributed by atoms with Gasteiger partial charge in [-0.15, -0.1) is 0 Å².